The lowest BCUT2D eigenvalue weighted by Gasteiger charge is -2.10. The second kappa shape index (κ2) is 6.36. The van der Waals surface area contributed by atoms with Crippen LogP contribution >= 0.6 is 0 Å². The van der Waals surface area contributed by atoms with Gasteiger partial charge in [-0.2, -0.15) is 0 Å². The van der Waals surface area contributed by atoms with Crippen LogP contribution in [0.2, 0.25) is 0 Å². The first kappa shape index (κ1) is 17.8. The Balaban J connectivity index is 1.98. The Bertz CT molecular complexity index is 1180. The van der Waals surface area contributed by atoms with Crippen LogP contribution in [0.15, 0.2) is 52.3 Å². The molecule has 26 heavy (non-hydrogen) atoms. The number of primary sulfonamides is 1. The van der Waals surface area contributed by atoms with Crippen LogP contribution in [-0.2, 0) is 10.0 Å². The summed E-state index contributed by atoms with van der Waals surface area (Å²) in [6, 6.07) is 8.66. The molecule has 0 radical (unpaired) electrons. The van der Waals surface area contributed by atoms with Crippen LogP contribution in [0.5, 0.6) is 0 Å². The maximum absolute atomic E-state index is 12.7. The Morgan fingerprint density at radius 1 is 1.12 bits per heavy atom. The van der Waals surface area contributed by atoms with Crippen LogP contribution in [0, 0.1) is 13.8 Å². The number of hydrogen-bond acceptors (Lipinski definition) is 5. The Labute approximate surface area is 149 Å². The summed E-state index contributed by atoms with van der Waals surface area (Å²) in [5.41, 5.74) is 1.59. The van der Waals surface area contributed by atoms with Gasteiger partial charge in [0.05, 0.1) is 10.6 Å². The summed E-state index contributed by atoms with van der Waals surface area (Å²) in [6.07, 6.45) is 1.64. The van der Waals surface area contributed by atoms with Gasteiger partial charge in [0.15, 0.2) is 0 Å². The summed E-state index contributed by atoms with van der Waals surface area (Å²) in [4.78, 5) is 29.3. The molecule has 1 amide bonds. The number of carbonyl (C=O) groups excluding carboxylic acids is 1. The summed E-state index contributed by atoms with van der Waals surface area (Å²) < 4.78 is 23.9. The molecule has 0 aliphatic heterocycles. The van der Waals surface area contributed by atoms with Gasteiger partial charge < -0.3 is 5.32 Å². The number of carbonyl (C=O) groups is 1. The van der Waals surface area contributed by atoms with Crippen LogP contribution in [0.3, 0.4) is 0 Å². The molecule has 0 fully saturated rings. The van der Waals surface area contributed by atoms with Crippen molar-refractivity contribution in [2.75, 3.05) is 5.32 Å². The molecular weight excluding hydrogens is 356 g/mol. The third-order valence-corrected chi connectivity index (χ3v) is 4.76. The molecule has 134 valence electrons. The first-order chi connectivity index (χ1) is 12.2. The molecule has 8 nitrogen and oxygen atoms in total. The van der Waals surface area contributed by atoms with E-state index in [-0.39, 0.29) is 16.1 Å². The monoisotopic (exact) mass is 372 g/mol. The van der Waals surface area contributed by atoms with Crippen molar-refractivity contribution in [2.45, 2.75) is 18.7 Å². The number of anilines is 1. The summed E-state index contributed by atoms with van der Waals surface area (Å²) in [6.45, 7) is 3.47. The van der Waals surface area contributed by atoms with E-state index in [1.165, 1.54) is 28.7 Å². The first-order valence-electron chi connectivity index (χ1n) is 7.60. The normalized spacial score (nSPS) is 11.5. The van der Waals surface area contributed by atoms with Crippen molar-refractivity contribution in [3.63, 3.8) is 0 Å². The quantitative estimate of drug-likeness (QED) is 0.715. The highest BCUT2D eigenvalue weighted by Crippen LogP contribution is 2.13. The number of nitrogens with two attached hydrogens (primary N) is 1. The van der Waals surface area contributed by atoms with Gasteiger partial charge in [0.25, 0.3) is 11.5 Å². The van der Waals surface area contributed by atoms with E-state index in [1.807, 2.05) is 13.0 Å². The van der Waals surface area contributed by atoms with E-state index in [2.05, 4.69) is 10.3 Å². The molecule has 0 spiro atoms. The molecule has 2 heterocycles. The highest BCUT2D eigenvalue weighted by atomic mass is 32.2. The Morgan fingerprint density at radius 2 is 1.77 bits per heavy atom. The minimum atomic E-state index is -3.84. The molecule has 1 aromatic carbocycles. The van der Waals surface area contributed by atoms with Crippen molar-refractivity contribution in [1.82, 2.24) is 9.38 Å². The predicted octanol–water partition coefficient (Wildman–Crippen LogP) is 1.21. The third-order valence-electron chi connectivity index (χ3n) is 3.84. The molecule has 0 saturated carbocycles. The maximum Gasteiger partial charge on any atom is 0.281 e. The van der Waals surface area contributed by atoms with E-state index in [0.29, 0.717) is 11.3 Å². The van der Waals surface area contributed by atoms with Crippen LogP contribution in [0.1, 0.15) is 21.6 Å². The van der Waals surface area contributed by atoms with Crippen LogP contribution in [0.25, 0.3) is 5.65 Å². The number of sulfonamides is 1. The molecule has 3 N–H and O–H groups in total. The van der Waals surface area contributed by atoms with E-state index in [0.717, 1.165) is 5.56 Å². The van der Waals surface area contributed by atoms with Crippen molar-refractivity contribution in [2.24, 2.45) is 5.14 Å². The number of aromatic nitrogens is 2. The SMILES string of the molecule is Cc1ccc2nc(C)c(NC(=O)c3ccc(S(N)(=O)=O)cc3)c(=O)n2c1. The van der Waals surface area contributed by atoms with E-state index >= 15 is 0 Å². The molecule has 0 aliphatic rings. The minimum absolute atomic E-state index is 0.0635. The third kappa shape index (κ3) is 3.35. The van der Waals surface area contributed by atoms with Crippen molar-refractivity contribution in [1.29, 1.82) is 0 Å². The van der Waals surface area contributed by atoms with E-state index < -0.39 is 21.5 Å². The fourth-order valence-corrected chi connectivity index (χ4v) is 3.00. The predicted molar refractivity (Wildman–Crippen MR) is 96.7 cm³/mol. The largest absolute Gasteiger partial charge is 0.316 e. The van der Waals surface area contributed by atoms with E-state index in [4.69, 9.17) is 5.14 Å². The number of hydrogen-bond donors (Lipinski definition) is 2. The molecule has 3 rings (SSSR count). The molecule has 0 unspecified atom stereocenters. The van der Waals surface area contributed by atoms with Gasteiger partial charge in [-0.15, -0.1) is 0 Å². The second-order valence-corrected chi connectivity index (χ2v) is 7.40. The van der Waals surface area contributed by atoms with Gasteiger partial charge in [-0.05, 0) is 49.7 Å². The summed E-state index contributed by atoms with van der Waals surface area (Å²) in [5, 5.41) is 7.58. The molecular formula is C17H16N4O4S. The average Bonchev–Trinajstić information content (AvgIpc) is 2.58. The first-order valence-corrected chi connectivity index (χ1v) is 9.15. The zero-order valence-electron chi connectivity index (χ0n) is 14.1. The lowest BCUT2D eigenvalue weighted by molar-refractivity contribution is 0.102. The van der Waals surface area contributed by atoms with Crippen LogP contribution in [-0.4, -0.2) is 23.7 Å². The highest BCUT2D eigenvalue weighted by Gasteiger charge is 2.15. The van der Waals surface area contributed by atoms with Crippen LogP contribution in [0.4, 0.5) is 5.69 Å². The standard InChI is InChI=1S/C17H16N4O4S/c1-10-3-8-14-19-11(2)15(17(23)21(14)9-10)20-16(22)12-4-6-13(7-5-12)26(18,24)25/h3-9H,1-2H3,(H,20,22)(H2,18,24,25). The van der Waals surface area contributed by atoms with Crippen molar-refractivity contribution < 1.29 is 13.2 Å². The Kier molecular flexibility index (Phi) is 4.34. The molecule has 0 atom stereocenters. The van der Waals surface area contributed by atoms with Crippen molar-refractivity contribution >= 4 is 27.3 Å². The van der Waals surface area contributed by atoms with E-state index in [9.17, 15) is 18.0 Å². The topological polar surface area (TPSA) is 124 Å². The van der Waals surface area contributed by atoms with Gasteiger partial charge in [-0.1, -0.05) is 6.07 Å². The molecule has 0 bridgehead atoms. The molecule has 9 heteroatoms. The Morgan fingerprint density at radius 3 is 2.38 bits per heavy atom. The average molecular weight is 372 g/mol. The van der Waals surface area contributed by atoms with Gasteiger partial charge in [0.1, 0.15) is 11.3 Å². The summed E-state index contributed by atoms with van der Waals surface area (Å²) in [7, 11) is -3.84. The number of pyridine rings is 1. The minimum Gasteiger partial charge on any atom is -0.316 e. The number of fused-ring (bicyclic) bond motifs is 1. The van der Waals surface area contributed by atoms with Crippen molar-refractivity contribution in [3.8, 4) is 0 Å². The fraction of sp³-hybridized carbons (Fsp3) is 0.118. The van der Waals surface area contributed by atoms with Crippen LogP contribution < -0.4 is 16.0 Å². The molecule has 0 saturated heterocycles. The number of aryl methyl sites for hydroxylation is 2. The number of benzene rings is 1. The number of nitrogens with zero attached hydrogens (tertiary/aromatic N) is 2. The number of nitrogens with one attached hydrogen (secondary N) is 1. The van der Waals surface area contributed by atoms with Crippen molar-refractivity contribution in [3.05, 3.63) is 69.8 Å². The zero-order valence-corrected chi connectivity index (χ0v) is 14.9. The zero-order chi connectivity index (χ0) is 19.1. The summed E-state index contributed by atoms with van der Waals surface area (Å²) >= 11 is 0. The van der Waals surface area contributed by atoms with Gasteiger partial charge in [-0.25, -0.2) is 18.5 Å². The highest BCUT2D eigenvalue weighted by molar-refractivity contribution is 7.89. The lowest BCUT2D eigenvalue weighted by Crippen LogP contribution is -2.25. The van der Waals surface area contributed by atoms with Gasteiger partial charge in [-0.3, -0.25) is 14.0 Å². The van der Waals surface area contributed by atoms with Gasteiger partial charge in [0, 0.05) is 11.8 Å². The molecule has 3 aromatic rings. The smallest absolute Gasteiger partial charge is 0.281 e. The number of rotatable bonds is 3. The number of amides is 1. The maximum atomic E-state index is 12.7. The fourth-order valence-electron chi connectivity index (χ4n) is 2.48. The van der Waals surface area contributed by atoms with Gasteiger partial charge >= 0.3 is 0 Å². The lowest BCUT2D eigenvalue weighted by atomic mass is 10.2. The molecule has 0 aliphatic carbocycles. The van der Waals surface area contributed by atoms with E-state index in [1.54, 1.807) is 19.2 Å². The molecule has 2 aromatic heterocycles. The second-order valence-electron chi connectivity index (χ2n) is 5.84. The summed E-state index contributed by atoms with van der Waals surface area (Å²) in [5.74, 6) is -0.555. The van der Waals surface area contributed by atoms with Gasteiger partial charge in [0.2, 0.25) is 10.0 Å². The Hall–Kier alpha value is -3.04.